The molecule has 1 fully saturated rings. The van der Waals surface area contributed by atoms with Gasteiger partial charge < -0.3 is 10.5 Å². The molecule has 1 aromatic carbocycles. The first-order valence-electron chi connectivity index (χ1n) is 7.02. The molecule has 2 rings (SSSR count). The van der Waals surface area contributed by atoms with Gasteiger partial charge in [-0.3, -0.25) is 4.90 Å². The summed E-state index contributed by atoms with van der Waals surface area (Å²) in [7, 11) is 0. The monoisotopic (exact) mass is 300 g/mol. The van der Waals surface area contributed by atoms with Crippen molar-refractivity contribution in [1.82, 2.24) is 4.90 Å². The predicted octanol–water partition coefficient (Wildman–Crippen LogP) is 2.98. The molecule has 1 aliphatic heterocycles. The van der Waals surface area contributed by atoms with Gasteiger partial charge in [-0.1, -0.05) is 24.6 Å². The Morgan fingerprint density at radius 1 is 1.45 bits per heavy atom. The molecule has 2 N–H and O–H groups in total. The van der Waals surface area contributed by atoms with E-state index >= 15 is 0 Å². The maximum atomic E-state index is 14.1. The average Bonchev–Trinajstić information content (AvgIpc) is 2.46. The molecule has 1 aromatic rings. The fourth-order valence-electron chi connectivity index (χ4n) is 2.80. The third-order valence-electron chi connectivity index (χ3n) is 4.42. The number of rotatable bonds is 4. The van der Waals surface area contributed by atoms with Crippen LogP contribution in [0.5, 0.6) is 0 Å². The van der Waals surface area contributed by atoms with E-state index in [2.05, 4.69) is 18.7 Å². The molecule has 1 saturated heterocycles. The van der Waals surface area contributed by atoms with Crippen LogP contribution in [0.2, 0.25) is 5.02 Å². The first-order valence-corrected chi connectivity index (χ1v) is 7.40. The predicted molar refractivity (Wildman–Crippen MR) is 79.4 cm³/mol. The maximum absolute atomic E-state index is 14.1. The number of hydrogen-bond acceptors (Lipinski definition) is 3. The lowest BCUT2D eigenvalue weighted by atomic mass is 9.83. The van der Waals surface area contributed by atoms with Crippen molar-refractivity contribution in [3.63, 3.8) is 0 Å². The van der Waals surface area contributed by atoms with Crippen LogP contribution < -0.4 is 5.73 Å². The lowest BCUT2D eigenvalue weighted by Gasteiger charge is -2.46. The molecule has 0 aromatic heterocycles. The molecule has 112 valence electrons. The van der Waals surface area contributed by atoms with Crippen LogP contribution in [-0.2, 0) is 4.74 Å². The van der Waals surface area contributed by atoms with E-state index < -0.39 is 6.04 Å². The summed E-state index contributed by atoms with van der Waals surface area (Å²) in [5.41, 5.74) is 6.63. The van der Waals surface area contributed by atoms with Crippen molar-refractivity contribution in [3.8, 4) is 0 Å². The van der Waals surface area contributed by atoms with E-state index in [1.807, 2.05) is 0 Å². The maximum Gasteiger partial charge on any atom is 0.129 e. The first-order chi connectivity index (χ1) is 9.49. The van der Waals surface area contributed by atoms with Gasteiger partial charge in [0.2, 0.25) is 0 Å². The molecule has 3 nitrogen and oxygen atoms in total. The highest BCUT2D eigenvalue weighted by molar-refractivity contribution is 6.30. The van der Waals surface area contributed by atoms with Gasteiger partial charge in [0, 0.05) is 29.2 Å². The second kappa shape index (κ2) is 6.39. The highest BCUT2D eigenvalue weighted by Gasteiger charge is 2.38. The van der Waals surface area contributed by atoms with Crippen LogP contribution in [0.4, 0.5) is 4.39 Å². The molecule has 0 saturated carbocycles. The molecule has 1 aliphatic rings. The van der Waals surface area contributed by atoms with Gasteiger partial charge in [-0.25, -0.2) is 4.39 Å². The van der Waals surface area contributed by atoms with Gasteiger partial charge in [-0.2, -0.15) is 0 Å². The van der Waals surface area contributed by atoms with Crippen LogP contribution >= 0.6 is 11.6 Å². The van der Waals surface area contributed by atoms with Gasteiger partial charge in [0.25, 0.3) is 0 Å². The van der Waals surface area contributed by atoms with Gasteiger partial charge in [0.05, 0.1) is 19.3 Å². The molecule has 20 heavy (non-hydrogen) atoms. The van der Waals surface area contributed by atoms with E-state index in [0.717, 1.165) is 19.5 Å². The number of morpholine rings is 1. The van der Waals surface area contributed by atoms with Crippen molar-refractivity contribution in [2.45, 2.75) is 31.8 Å². The van der Waals surface area contributed by atoms with Crippen LogP contribution in [0.1, 0.15) is 31.9 Å². The summed E-state index contributed by atoms with van der Waals surface area (Å²) in [5, 5.41) is 0.392. The minimum absolute atomic E-state index is 0.293. The number of nitrogens with zero attached hydrogens (tertiary/aromatic N) is 1. The topological polar surface area (TPSA) is 38.5 Å². The molecular formula is C15H22ClFN2O. The average molecular weight is 301 g/mol. The number of halogens is 2. The zero-order valence-electron chi connectivity index (χ0n) is 12.0. The minimum Gasteiger partial charge on any atom is -0.379 e. The quantitative estimate of drug-likeness (QED) is 0.929. The summed E-state index contributed by atoms with van der Waals surface area (Å²) in [4.78, 5) is 2.30. The molecule has 2 unspecified atom stereocenters. The largest absolute Gasteiger partial charge is 0.379 e. The fraction of sp³-hybridized carbons (Fsp3) is 0.600. The Hall–Kier alpha value is -0.680. The Balaban J connectivity index is 2.29. The Morgan fingerprint density at radius 3 is 2.65 bits per heavy atom. The fourth-order valence-corrected chi connectivity index (χ4v) is 2.96. The number of nitrogens with two attached hydrogens (primary N) is 1. The van der Waals surface area contributed by atoms with Crippen molar-refractivity contribution in [2.24, 2.45) is 5.73 Å². The molecule has 0 bridgehead atoms. The highest BCUT2D eigenvalue weighted by atomic mass is 35.5. The zero-order valence-corrected chi connectivity index (χ0v) is 12.8. The van der Waals surface area contributed by atoms with Crippen molar-refractivity contribution in [2.75, 3.05) is 26.3 Å². The normalized spacial score (nSPS) is 21.4. The first kappa shape index (κ1) is 15.7. The summed E-state index contributed by atoms with van der Waals surface area (Å²) in [5.74, 6) is -0.335. The number of hydrogen-bond donors (Lipinski definition) is 1. The number of benzene rings is 1. The van der Waals surface area contributed by atoms with Crippen molar-refractivity contribution < 1.29 is 9.13 Å². The van der Waals surface area contributed by atoms with E-state index in [1.54, 1.807) is 12.1 Å². The lowest BCUT2D eigenvalue weighted by Crippen LogP contribution is -2.56. The van der Waals surface area contributed by atoms with Crippen LogP contribution in [0, 0.1) is 5.82 Å². The standard InChI is InChI=1S/C15H22ClFN2O/c1-3-15(2,19-6-8-20-9-7-19)14(18)12-5-4-11(16)10-13(12)17/h4-5,10,14H,3,6-9,18H2,1-2H3. The van der Waals surface area contributed by atoms with Crippen LogP contribution in [-0.4, -0.2) is 36.7 Å². The Bertz CT molecular complexity index is 465. The Kier molecular flexibility index (Phi) is 5.02. The Labute approximate surface area is 124 Å². The number of ether oxygens (including phenoxy) is 1. The summed E-state index contributed by atoms with van der Waals surface area (Å²) in [6, 6.07) is 4.31. The molecule has 1 heterocycles. The summed E-state index contributed by atoms with van der Waals surface area (Å²) in [6.07, 6.45) is 0.843. The second-order valence-electron chi connectivity index (χ2n) is 5.45. The molecule has 5 heteroatoms. The van der Waals surface area contributed by atoms with Crippen LogP contribution in [0.3, 0.4) is 0 Å². The van der Waals surface area contributed by atoms with Crippen molar-refractivity contribution in [3.05, 3.63) is 34.6 Å². The Morgan fingerprint density at radius 2 is 2.10 bits per heavy atom. The van der Waals surface area contributed by atoms with Gasteiger partial charge in [0.1, 0.15) is 5.82 Å². The summed E-state index contributed by atoms with van der Waals surface area (Å²) in [6.45, 7) is 7.23. The van der Waals surface area contributed by atoms with Gasteiger partial charge in [-0.05, 0) is 25.5 Å². The van der Waals surface area contributed by atoms with E-state index in [-0.39, 0.29) is 11.4 Å². The third-order valence-corrected chi connectivity index (χ3v) is 4.65. The van der Waals surface area contributed by atoms with E-state index in [1.165, 1.54) is 6.07 Å². The summed E-state index contributed by atoms with van der Waals surface area (Å²) < 4.78 is 19.5. The van der Waals surface area contributed by atoms with Gasteiger partial charge >= 0.3 is 0 Å². The molecule has 0 radical (unpaired) electrons. The van der Waals surface area contributed by atoms with E-state index in [9.17, 15) is 4.39 Å². The second-order valence-corrected chi connectivity index (χ2v) is 5.89. The molecule has 0 aliphatic carbocycles. The highest BCUT2D eigenvalue weighted by Crippen LogP contribution is 2.34. The van der Waals surface area contributed by atoms with Crippen LogP contribution in [0.15, 0.2) is 18.2 Å². The summed E-state index contributed by atoms with van der Waals surface area (Å²) >= 11 is 5.81. The van der Waals surface area contributed by atoms with Crippen molar-refractivity contribution in [1.29, 1.82) is 0 Å². The molecule has 0 spiro atoms. The van der Waals surface area contributed by atoms with Gasteiger partial charge in [0.15, 0.2) is 0 Å². The SMILES string of the molecule is CCC(C)(C(N)c1ccc(Cl)cc1F)N1CCOCC1. The molecule has 2 atom stereocenters. The van der Waals surface area contributed by atoms with E-state index in [0.29, 0.717) is 23.8 Å². The lowest BCUT2D eigenvalue weighted by molar-refractivity contribution is -0.0281. The van der Waals surface area contributed by atoms with Crippen molar-refractivity contribution >= 4 is 11.6 Å². The minimum atomic E-state index is -0.400. The third kappa shape index (κ3) is 2.98. The van der Waals surface area contributed by atoms with E-state index in [4.69, 9.17) is 22.1 Å². The smallest absolute Gasteiger partial charge is 0.129 e. The van der Waals surface area contributed by atoms with Gasteiger partial charge in [-0.15, -0.1) is 0 Å². The van der Waals surface area contributed by atoms with Crippen LogP contribution in [0.25, 0.3) is 0 Å². The molecule has 0 amide bonds. The zero-order chi connectivity index (χ0) is 14.8. The molecular weight excluding hydrogens is 279 g/mol.